The number of hydrogen-bond acceptors (Lipinski definition) is 6. The van der Waals surface area contributed by atoms with Gasteiger partial charge in [-0.2, -0.15) is 0 Å². The van der Waals surface area contributed by atoms with Gasteiger partial charge < -0.3 is 0 Å². The lowest BCUT2D eigenvalue weighted by atomic mass is 10.2. The Morgan fingerprint density at radius 1 is 1.03 bits per heavy atom. The molecule has 0 amide bonds. The Morgan fingerprint density at radius 2 is 1.79 bits per heavy atom. The molecule has 0 aliphatic heterocycles. The van der Waals surface area contributed by atoms with E-state index in [2.05, 4.69) is 38.1 Å². The summed E-state index contributed by atoms with van der Waals surface area (Å²) in [6.45, 7) is 4.10. The van der Waals surface area contributed by atoms with Crippen molar-refractivity contribution in [3.63, 3.8) is 0 Å². The quantitative estimate of drug-likeness (QED) is 0.455. The van der Waals surface area contributed by atoms with Crippen LogP contribution in [0.15, 0.2) is 59.0 Å². The summed E-state index contributed by atoms with van der Waals surface area (Å²) in [5.41, 5.74) is 2.82. The molecule has 6 nitrogen and oxygen atoms in total. The fourth-order valence-electron chi connectivity index (χ4n) is 3.00. The summed E-state index contributed by atoms with van der Waals surface area (Å²) < 4.78 is 15.5. The van der Waals surface area contributed by atoms with E-state index < -0.39 is 0 Å². The molecule has 0 radical (unpaired) electrons. The maximum atomic E-state index is 13.5. The van der Waals surface area contributed by atoms with Crippen LogP contribution in [0.5, 0.6) is 0 Å². The molecule has 0 fully saturated rings. The smallest absolute Gasteiger partial charge is 0.202 e. The van der Waals surface area contributed by atoms with E-state index in [1.807, 2.05) is 37.7 Å². The van der Waals surface area contributed by atoms with E-state index in [0.29, 0.717) is 5.16 Å². The van der Waals surface area contributed by atoms with Gasteiger partial charge in [0.2, 0.25) is 5.16 Å². The van der Waals surface area contributed by atoms with E-state index in [9.17, 15) is 4.39 Å². The molecular weight excluding hydrogens is 387 g/mol. The molecule has 0 spiro atoms. The molecule has 0 saturated carbocycles. The molecule has 0 aliphatic rings. The maximum Gasteiger partial charge on any atom is 0.202 e. The van der Waals surface area contributed by atoms with E-state index in [0.717, 1.165) is 33.0 Å². The summed E-state index contributed by atoms with van der Waals surface area (Å²) in [5, 5.41) is 11.3. The van der Waals surface area contributed by atoms with Crippen LogP contribution in [-0.4, -0.2) is 43.7 Å². The van der Waals surface area contributed by atoms with Crippen LogP contribution in [0.4, 0.5) is 4.39 Å². The molecule has 0 aliphatic carbocycles. The Hall–Kier alpha value is -2.84. The summed E-state index contributed by atoms with van der Waals surface area (Å²) >= 11 is 1.43. The highest BCUT2D eigenvalue weighted by Crippen LogP contribution is 2.33. The number of aryl methyl sites for hydroxylation is 1. The molecule has 4 aromatic rings. The van der Waals surface area contributed by atoms with Gasteiger partial charge in [0.1, 0.15) is 17.2 Å². The number of rotatable bonds is 5. The minimum Gasteiger partial charge on any atom is -0.300 e. The predicted octanol–water partition coefficient (Wildman–Crippen LogP) is 4.43. The Labute approximate surface area is 172 Å². The number of fused-ring (bicyclic) bond motifs is 1. The minimum atomic E-state index is -0.282. The van der Waals surface area contributed by atoms with Gasteiger partial charge in [-0.3, -0.25) is 9.47 Å². The molecule has 8 heteroatoms. The molecule has 2 aromatic carbocycles. The van der Waals surface area contributed by atoms with Crippen LogP contribution in [0.3, 0.4) is 0 Å². The summed E-state index contributed by atoms with van der Waals surface area (Å²) in [7, 11) is 3.98. The van der Waals surface area contributed by atoms with Crippen molar-refractivity contribution in [2.24, 2.45) is 0 Å². The van der Waals surface area contributed by atoms with Gasteiger partial charge in [0.15, 0.2) is 5.82 Å². The van der Waals surface area contributed by atoms with Crippen molar-refractivity contribution in [2.75, 3.05) is 14.1 Å². The molecule has 2 heterocycles. The van der Waals surface area contributed by atoms with Gasteiger partial charge >= 0.3 is 0 Å². The number of benzene rings is 2. The van der Waals surface area contributed by atoms with Gasteiger partial charge in [0, 0.05) is 11.1 Å². The summed E-state index contributed by atoms with van der Waals surface area (Å²) in [5.74, 6) is 0.495. The molecule has 4 rings (SSSR count). The van der Waals surface area contributed by atoms with Crippen LogP contribution in [0.25, 0.3) is 16.6 Å². The summed E-state index contributed by atoms with van der Waals surface area (Å²) in [4.78, 5) is 10.9. The first-order valence-corrected chi connectivity index (χ1v) is 10.0. The lowest BCUT2D eigenvalue weighted by Crippen LogP contribution is -2.20. The van der Waals surface area contributed by atoms with Crippen LogP contribution in [0, 0.1) is 12.7 Å². The number of aromatic nitrogens is 5. The van der Waals surface area contributed by atoms with Crippen LogP contribution in [-0.2, 0) is 0 Å². The topological polar surface area (TPSA) is 59.7 Å². The second-order valence-corrected chi connectivity index (χ2v) is 8.05. The van der Waals surface area contributed by atoms with Crippen LogP contribution >= 0.6 is 11.8 Å². The first-order chi connectivity index (χ1) is 13.9. The van der Waals surface area contributed by atoms with Gasteiger partial charge in [0.25, 0.3) is 0 Å². The third-order valence-corrected chi connectivity index (χ3v) is 5.80. The SMILES string of the molecule is Cc1ccc2ncnc(Sc3nnc(C(C)N(C)C)n3-c3ccc(F)cc3)c2c1. The Bertz CT molecular complexity index is 1160. The third kappa shape index (κ3) is 3.86. The monoisotopic (exact) mass is 408 g/mol. The minimum absolute atomic E-state index is 0.0197. The highest BCUT2D eigenvalue weighted by atomic mass is 32.2. The van der Waals surface area contributed by atoms with Crippen molar-refractivity contribution in [1.82, 2.24) is 29.6 Å². The molecule has 2 aromatic heterocycles. The van der Waals surface area contributed by atoms with Gasteiger partial charge in [-0.25, -0.2) is 14.4 Å². The Kier molecular flexibility index (Phi) is 5.29. The molecule has 0 N–H and O–H groups in total. The van der Waals surface area contributed by atoms with E-state index >= 15 is 0 Å². The van der Waals surface area contributed by atoms with Gasteiger partial charge in [-0.1, -0.05) is 11.6 Å². The molecule has 0 bridgehead atoms. The zero-order valence-corrected chi connectivity index (χ0v) is 17.5. The maximum absolute atomic E-state index is 13.5. The van der Waals surface area contributed by atoms with E-state index in [-0.39, 0.29) is 11.9 Å². The lowest BCUT2D eigenvalue weighted by Gasteiger charge is -2.20. The molecule has 148 valence electrons. The van der Waals surface area contributed by atoms with Crippen molar-refractivity contribution >= 4 is 22.7 Å². The van der Waals surface area contributed by atoms with Crippen LogP contribution < -0.4 is 0 Å². The predicted molar refractivity (Wildman–Crippen MR) is 112 cm³/mol. The Balaban J connectivity index is 1.84. The fraction of sp³-hybridized carbons (Fsp3) is 0.238. The fourth-order valence-corrected chi connectivity index (χ4v) is 3.91. The van der Waals surface area contributed by atoms with E-state index in [1.165, 1.54) is 23.9 Å². The first kappa shape index (κ1) is 19.5. The summed E-state index contributed by atoms with van der Waals surface area (Å²) in [6.07, 6.45) is 1.56. The molecule has 29 heavy (non-hydrogen) atoms. The number of halogens is 1. The zero-order valence-electron chi connectivity index (χ0n) is 16.7. The van der Waals surface area contributed by atoms with Gasteiger partial charge in [-0.05, 0) is 76.1 Å². The van der Waals surface area contributed by atoms with Gasteiger partial charge in [0.05, 0.1) is 11.6 Å². The standard InChI is InChI=1S/C21H21FN6S/c1-13-5-10-18-17(11-13)20(24-12-23-18)29-21-26-25-19(14(2)27(3)4)28(21)16-8-6-15(22)7-9-16/h5-12,14H,1-4H3. The van der Waals surface area contributed by atoms with E-state index in [1.54, 1.807) is 18.5 Å². The normalized spacial score (nSPS) is 12.6. The van der Waals surface area contributed by atoms with Crippen LogP contribution in [0.2, 0.25) is 0 Å². The van der Waals surface area contributed by atoms with Gasteiger partial charge in [-0.15, -0.1) is 10.2 Å². The van der Waals surface area contributed by atoms with Crippen molar-refractivity contribution in [3.05, 3.63) is 66.0 Å². The second kappa shape index (κ2) is 7.88. The lowest BCUT2D eigenvalue weighted by molar-refractivity contribution is 0.305. The molecular formula is C21H21FN6S. The number of hydrogen-bond donors (Lipinski definition) is 0. The van der Waals surface area contributed by atoms with Crippen molar-refractivity contribution in [2.45, 2.75) is 30.1 Å². The Morgan fingerprint density at radius 3 is 2.52 bits per heavy atom. The molecule has 1 unspecified atom stereocenters. The van der Waals surface area contributed by atoms with Crippen molar-refractivity contribution in [3.8, 4) is 5.69 Å². The molecule has 0 saturated heterocycles. The average Bonchev–Trinajstić information content (AvgIpc) is 3.11. The first-order valence-electron chi connectivity index (χ1n) is 9.21. The molecule has 1 atom stereocenters. The highest BCUT2D eigenvalue weighted by molar-refractivity contribution is 7.99. The zero-order chi connectivity index (χ0) is 20.5. The van der Waals surface area contributed by atoms with Crippen LogP contribution in [0.1, 0.15) is 24.4 Å². The third-order valence-electron chi connectivity index (χ3n) is 4.83. The summed E-state index contributed by atoms with van der Waals surface area (Å²) in [6, 6.07) is 12.5. The van der Waals surface area contributed by atoms with Crippen molar-refractivity contribution < 1.29 is 4.39 Å². The van der Waals surface area contributed by atoms with Crippen molar-refractivity contribution in [1.29, 1.82) is 0 Å². The highest BCUT2D eigenvalue weighted by Gasteiger charge is 2.22. The van der Waals surface area contributed by atoms with E-state index in [4.69, 9.17) is 0 Å². The second-order valence-electron chi connectivity index (χ2n) is 7.09. The number of nitrogens with zero attached hydrogens (tertiary/aromatic N) is 6. The largest absolute Gasteiger partial charge is 0.300 e. The average molecular weight is 409 g/mol.